The predicted molar refractivity (Wildman–Crippen MR) is 81.2 cm³/mol. The van der Waals surface area contributed by atoms with E-state index in [0.29, 0.717) is 18.5 Å². The first-order chi connectivity index (χ1) is 9.76. The number of carbonyl (C=O) groups excluding carboxylic acids is 2. The minimum atomic E-state index is -0.525. The third-order valence-corrected chi connectivity index (χ3v) is 3.40. The number of carbonyl (C=O) groups is 2. The highest BCUT2D eigenvalue weighted by Crippen LogP contribution is 2.34. The molecule has 0 radical (unpaired) electrons. The largest absolute Gasteiger partial charge is 0.454 e. The normalized spacial score (nSPS) is 17.1. The summed E-state index contributed by atoms with van der Waals surface area (Å²) in [6.07, 6.45) is -0.280. The number of benzene rings is 1. The maximum atomic E-state index is 11.8. The highest BCUT2D eigenvalue weighted by molar-refractivity contribution is 9.10. The molecular formula is C15H18BrNO4. The van der Waals surface area contributed by atoms with Crippen molar-refractivity contribution in [2.75, 3.05) is 6.54 Å². The number of nitrogens with one attached hydrogen (secondary N) is 1. The first kappa shape index (κ1) is 15.8. The van der Waals surface area contributed by atoms with E-state index < -0.39 is 11.7 Å². The van der Waals surface area contributed by atoms with Gasteiger partial charge in [0.1, 0.15) is 11.7 Å². The SMILES string of the molecule is CC(C)(C)OC(=O)NCCC1OC(=O)c2cc(Br)ccc21. The molecule has 0 fully saturated rings. The van der Waals surface area contributed by atoms with Crippen LogP contribution in [-0.4, -0.2) is 24.2 Å². The van der Waals surface area contributed by atoms with E-state index in [1.54, 1.807) is 26.8 Å². The van der Waals surface area contributed by atoms with Crippen molar-refractivity contribution >= 4 is 28.0 Å². The monoisotopic (exact) mass is 355 g/mol. The van der Waals surface area contributed by atoms with Crippen LogP contribution in [0, 0.1) is 0 Å². The summed E-state index contributed by atoms with van der Waals surface area (Å²) in [7, 11) is 0. The molecule has 114 valence electrons. The van der Waals surface area contributed by atoms with Gasteiger partial charge in [0.05, 0.1) is 5.56 Å². The van der Waals surface area contributed by atoms with Crippen LogP contribution in [0.25, 0.3) is 0 Å². The van der Waals surface area contributed by atoms with Crippen LogP contribution in [0.1, 0.15) is 49.2 Å². The van der Waals surface area contributed by atoms with Gasteiger partial charge in [0.15, 0.2) is 0 Å². The first-order valence-corrected chi connectivity index (χ1v) is 7.53. The number of fused-ring (bicyclic) bond motifs is 1. The van der Waals surface area contributed by atoms with Gasteiger partial charge in [-0.05, 0) is 32.9 Å². The summed E-state index contributed by atoms with van der Waals surface area (Å²) in [6, 6.07) is 5.48. The molecule has 1 aromatic carbocycles. The van der Waals surface area contributed by atoms with Crippen LogP contribution >= 0.6 is 15.9 Å². The Hall–Kier alpha value is -1.56. The van der Waals surface area contributed by atoms with E-state index in [4.69, 9.17) is 9.47 Å². The van der Waals surface area contributed by atoms with E-state index in [-0.39, 0.29) is 12.1 Å². The maximum Gasteiger partial charge on any atom is 0.407 e. The second-order valence-corrected chi connectivity index (χ2v) is 6.76. The average Bonchev–Trinajstić information content (AvgIpc) is 2.64. The predicted octanol–water partition coefficient (Wildman–Crippen LogP) is 3.58. The summed E-state index contributed by atoms with van der Waals surface area (Å²) in [5.74, 6) is -0.325. The Morgan fingerprint density at radius 2 is 2.14 bits per heavy atom. The van der Waals surface area contributed by atoms with Crippen molar-refractivity contribution in [3.63, 3.8) is 0 Å². The number of amides is 1. The summed E-state index contributed by atoms with van der Waals surface area (Å²) in [6.45, 7) is 5.79. The van der Waals surface area contributed by atoms with Gasteiger partial charge in [-0.1, -0.05) is 22.0 Å². The zero-order valence-corrected chi connectivity index (χ0v) is 13.8. The molecule has 0 aliphatic carbocycles. The molecule has 1 heterocycles. The summed E-state index contributed by atoms with van der Waals surface area (Å²) in [5.41, 5.74) is 0.906. The quantitative estimate of drug-likeness (QED) is 0.841. The lowest BCUT2D eigenvalue weighted by atomic mass is 10.0. The smallest absolute Gasteiger partial charge is 0.407 e. The number of halogens is 1. The molecule has 1 unspecified atom stereocenters. The molecule has 1 aliphatic heterocycles. The van der Waals surface area contributed by atoms with Gasteiger partial charge in [0, 0.05) is 23.0 Å². The Kier molecular flexibility index (Phi) is 4.56. The summed E-state index contributed by atoms with van der Waals surface area (Å²) in [4.78, 5) is 23.3. The highest BCUT2D eigenvalue weighted by Gasteiger charge is 2.30. The van der Waals surface area contributed by atoms with E-state index in [0.717, 1.165) is 10.0 Å². The Bertz CT molecular complexity index is 565. The van der Waals surface area contributed by atoms with Crippen molar-refractivity contribution in [1.29, 1.82) is 0 Å². The topological polar surface area (TPSA) is 64.6 Å². The Morgan fingerprint density at radius 3 is 2.81 bits per heavy atom. The number of hydrogen-bond donors (Lipinski definition) is 1. The molecule has 0 spiro atoms. The van der Waals surface area contributed by atoms with Gasteiger partial charge in [-0.2, -0.15) is 0 Å². The zero-order chi connectivity index (χ0) is 15.6. The highest BCUT2D eigenvalue weighted by atomic mass is 79.9. The molecule has 1 atom stereocenters. The molecule has 1 aliphatic rings. The number of rotatable bonds is 3. The molecule has 2 rings (SSSR count). The lowest BCUT2D eigenvalue weighted by molar-refractivity contribution is 0.0359. The molecule has 0 saturated carbocycles. The number of hydrogen-bond acceptors (Lipinski definition) is 4. The number of ether oxygens (including phenoxy) is 2. The third kappa shape index (κ3) is 4.20. The fourth-order valence-electron chi connectivity index (χ4n) is 2.08. The van der Waals surface area contributed by atoms with Crippen molar-refractivity contribution in [2.45, 2.75) is 38.9 Å². The fourth-order valence-corrected chi connectivity index (χ4v) is 2.44. The van der Waals surface area contributed by atoms with Crippen molar-refractivity contribution in [3.05, 3.63) is 33.8 Å². The van der Waals surface area contributed by atoms with Crippen LogP contribution in [0.3, 0.4) is 0 Å². The van der Waals surface area contributed by atoms with Crippen molar-refractivity contribution < 1.29 is 19.1 Å². The van der Waals surface area contributed by atoms with Crippen LogP contribution in [0.2, 0.25) is 0 Å². The molecule has 1 aromatic rings. The summed E-state index contributed by atoms with van der Waals surface area (Å²) >= 11 is 3.33. The van der Waals surface area contributed by atoms with Gasteiger partial charge in [-0.15, -0.1) is 0 Å². The van der Waals surface area contributed by atoms with Crippen molar-refractivity contribution in [3.8, 4) is 0 Å². The van der Waals surface area contributed by atoms with Crippen molar-refractivity contribution in [1.82, 2.24) is 5.32 Å². The average molecular weight is 356 g/mol. The Labute approximate surface area is 132 Å². The van der Waals surface area contributed by atoms with Gasteiger partial charge in [0.25, 0.3) is 0 Å². The van der Waals surface area contributed by atoms with Gasteiger partial charge in [-0.25, -0.2) is 9.59 Å². The number of cyclic esters (lactones) is 1. The summed E-state index contributed by atoms with van der Waals surface area (Å²) < 4.78 is 11.3. The van der Waals surface area contributed by atoms with Gasteiger partial charge >= 0.3 is 12.1 Å². The minimum Gasteiger partial charge on any atom is -0.454 e. The molecule has 1 N–H and O–H groups in total. The lowest BCUT2D eigenvalue weighted by Crippen LogP contribution is -2.33. The fraction of sp³-hybridized carbons (Fsp3) is 0.467. The van der Waals surface area contributed by atoms with E-state index in [2.05, 4.69) is 21.2 Å². The van der Waals surface area contributed by atoms with Crippen LogP contribution in [0.4, 0.5) is 4.79 Å². The van der Waals surface area contributed by atoms with Crippen LogP contribution < -0.4 is 5.32 Å². The minimum absolute atomic E-state index is 0.324. The standard InChI is InChI=1S/C15H18BrNO4/c1-15(2,3)21-14(19)17-7-6-12-10-5-4-9(16)8-11(10)13(18)20-12/h4-5,8,12H,6-7H2,1-3H3,(H,17,19). The lowest BCUT2D eigenvalue weighted by Gasteiger charge is -2.20. The number of alkyl carbamates (subject to hydrolysis) is 1. The van der Waals surface area contributed by atoms with Gasteiger partial charge in [-0.3, -0.25) is 0 Å². The van der Waals surface area contributed by atoms with E-state index in [9.17, 15) is 9.59 Å². The van der Waals surface area contributed by atoms with E-state index in [1.165, 1.54) is 0 Å². The zero-order valence-electron chi connectivity index (χ0n) is 12.2. The van der Waals surface area contributed by atoms with Crippen LogP contribution in [-0.2, 0) is 9.47 Å². The maximum absolute atomic E-state index is 11.8. The molecule has 0 saturated heterocycles. The summed E-state index contributed by atoms with van der Waals surface area (Å²) in [5, 5.41) is 2.66. The van der Waals surface area contributed by atoms with E-state index in [1.807, 2.05) is 12.1 Å². The van der Waals surface area contributed by atoms with Gasteiger partial charge in [0.2, 0.25) is 0 Å². The molecule has 5 nitrogen and oxygen atoms in total. The molecule has 6 heteroatoms. The van der Waals surface area contributed by atoms with Crippen LogP contribution in [0.5, 0.6) is 0 Å². The third-order valence-electron chi connectivity index (χ3n) is 2.91. The molecule has 0 aromatic heterocycles. The first-order valence-electron chi connectivity index (χ1n) is 6.73. The number of esters is 1. The molecular weight excluding hydrogens is 338 g/mol. The molecule has 1 amide bonds. The van der Waals surface area contributed by atoms with Crippen molar-refractivity contribution in [2.24, 2.45) is 0 Å². The van der Waals surface area contributed by atoms with Gasteiger partial charge < -0.3 is 14.8 Å². The second-order valence-electron chi connectivity index (χ2n) is 5.84. The Morgan fingerprint density at radius 1 is 1.43 bits per heavy atom. The molecule has 21 heavy (non-hydrogen) atoms. The van der Waals surface area contributed by atoms with Crippen LogP contribution in [0.15, 0.2) is 22.7 Å². The molecule has 0 bridgehead atoms. The Balaban J connectivity index is 1.89. The van der Waals surface area contributed by atoms with E-state index >= 15 is 0 Å². The second kappa shape index (κ2) is 6.05.